The standard InChI is InChI=1S/C6H5.C5H11S.2C4H9.Sn/c1-2-4-6-5-3-1;1-3-4-5-6-2;2*1-3-4-2;/h1-5H;1,3-5H2,2H3;2*1,3-4H2,2H3;. The van der Waals surface area contributed by atoms with E-state index in [1.165, 1.54) is 44.3 Å². The van der Waals surface area contributed by atoms with E-state index in [0.717, 1.165) is 0 Å². The van der Waals surface area contributed by atoms with Crippen LogP contribution >= 0.6 is 11.8 Å². The van der Waals surface area contributed by atoms with Crippen LogP contribution < -0.4 is 3.58 Å². The summed E-state index contributed by atoms with van der Waals surface area (Å²) in [4.78, 5) is 0. The number of benzene rings is 1. The summed E-state index contributed by atoms with van der Waals surface area (Å²) >= 11 is -0.141. The predicted octanol–water partition coefficient (Wildman–Crippen LogP) is 6.09. The van der Waals surface area contributed by atoms with Gasteiger partial charge in [-0.05, 0) is 0 Å². The number of unbranched alkanes of at least 4 members (excludes halogenated alkanes) is 3. The van der Waals surface area contributed by atoms with Crippen LogP contribution in [0, 0.1) is 0 Å². The Morgan fingerprint density at radius 2 is 1.38 bits per heavy atom. The number of hydrogen-bond donors (Lipinski definition) is 0. The van der Waals surface area contributed by atoms with Gasteiger partial charge >= 0.3 is 142 Å². The van der Waals surface area contributed by atoms with Gasteiger partial charge in [-0.3, -0.25) is 0 Å². The first-order chi connectivity index (χ1) is 10.3. The van der Waals surface area contributed by atoms with Crippen LogP contribution in [0.1, 0.15) is 52.4 Å². The van der Waals surface area contributed by atoms with Crippen LogP contribution in [-0.4, -0.2) is 30.4 Å². The van der Waals surface area contributed by atoms with E-state index >= 15 is 0 Å². The molecule has 0 atom stereocenters. The molecule has 0 nitrogen and oxygen atoms in total. The van der Waals surface area contributed by atoms with Gasteiger partial charge in [-0.25, -0.2) is 0 Å². The van der Waals surface area contributed by atoms with E-state index in [2.05, 4.69) is 50.4 Å². The molecular formula is C19H34SSn. The van der Waals surface area contributed by atoms with E-state index in [9.17, 15) is 0 Å². The third kappa shape index (κ3) is 6.98. The van der Waals surface area contributed by atoms with E-state index in [4.69, 9.17) is 0 Å². The fraction of sp³-hybridized carbons (Fsp3) is 0.684. The Labute approximate surface area is 141 Å². The van der Waals surface area contributed by atoms with Crippen molar-refractivity contribution < 1.29 is 0 Å². The molecule has 2 heteroatoms. The minimum absolute atomic E-state index is 1.35. The molecule has 0 amide bonds. The van der Waals surface area contributed by atoms with Crippen LogP contribution in [0.4, 0.5) is 0 Å². The first-order valence-corrected chi connectivity index (χ1v) is 17.7. The maximum absolute atomic E-state index is 2.47. The summed E-state index contributed by atoms with van der Waals surface area (Å²) in [5, 5.41) is 0. The average Bonchev–Trinajstić information content (AvgIpc) is 2.54. The van der Waals surface area contributed by atoms with Crippen LogP contribution in [0.5, 0.6) is 0 Å². The van der Waals surface area contributed by atoms with Crippen LogP contribution in [0.2, 0.25) is 13.3 Å². The Morgan fingerprint density at radius 3 is 1.90 bits per heavy atom. The topological polar surface area (TPSA) is 0 Å². The van der Waals surface area contributed by atoms with Gasteiger partial charge in [0.1, 0.15) is 0 Å². The molecule has 0 aliphatic carbocycles. The van der Waals surface area contributed by atoms with Crippen molar-refractivity contribution in [3.8, 4) is 0 Å². The molecule has 0 aromatic heterocycles. The molecule has 0 N–H and O–H groups in total. The first kappa shape index (κ1) is 19.4. The quantitative estimate of drug-likeness (QED) is 0.295. The van der Waals surface area contributed by atoms with Crippen LogP contribution in [-0.2, 0) is 0 Å². The monoisotopic (exact) mass is 414 g/mol. The predicted molar refractivity (Wildman–Crippen MR) is 104 cm³/mol. The first-order valence-electron chi connectivity index (χ1n) is 8.83. The molecular weight excluding hydrogens is 379 g/mol. The zero-order chi connectivity index (χ0) is 15.4. The second-order valence-electron chi connectivity index (χ2n) is 6.30. The van der Waals surface area contributed by atoms with Crippen LogP contribution in [0.15, 0.2) is 30.3 Å². The average molecular weight is 413 g/mol. The third-order valence-electron chi connectivity index (χ3n) is 4.66. The molecule has 120 valence electrons. The summed E-state index contributed by atoms with van der Waals surface area (Å²) in [7, 11) is 0. The molecule has 0 spiro atoms. The van der Waals surface area contributed by atoms with Gasteiger partial charge in [0.05, 0.1) is 0 Å². The van der Waals surface area contributed by atoms with Gasteiger partial charge in [0.15, 0.2) is 0 Å². The Kier molecular flexibility index (Phi) is 11.0. The third-order valence-corrected chi connectivity index (χ3v) is 21.0. The number of rotatable bonds is 12. The summed E-state index contributed by atoms with van der Waals surface area (Å²) in [6.07, 6.45) is 10.8. The molecule has 0 saturated carbocycles. The molecule has 0 aliphatic rings. The van der Waals surface area contributed by atoms with Crippen LogP contribution in [0.25, 0.3) is 0 Å². The van der Waals surface area contributed by atoms with E-state index in [1.807, 2.05) is 11.8 Å². The molecule has 0 saturated heterocycles. The summed E-state index contributed by atoms with van der Waals surface area (Å²) in [5.41, 5.74) is 0. The molecule has 0 bridgehead atoms. The zero-order valence-corrected chi connectivity index (χ0v) is 18.0. The Morgan fingerprint density at radius 1 is 0.810 bits per heavy atom. The van der Waals surface area contributed by atoms with Gasteiger partial charge in [0, 0.05) is 0 Å². The maximum atomic E-state index is 2.47. The van der Waals surface area contributed by atoms with Gasteiger partial charge in [-0.15, -0.1) is 0 Å². The van der Waals surface area contributed by atoms with Gasteiger partial charge in [0.2, 0.25) is 0 Å². The molecule has 1 rings (SSSR count). The van der Waals surface area contributed by atoms with Gasteiger partial charge in [0.25, 0.3) is 0 Å². The summed E-state index contributed by atoms with van der Waals surface area (Å²) in [6, 6.07) is 11.7. The van der Waals surface area contributed by atoms with E-state index in [0.29, 0.717) is 0 Å². The van der Waals surface area contributed by atoms with Crippen molar-refractivity contribution in [2.24, 2.45) is 0 Å². The normalized spacial score (nSPS) is 11.8. The molecule has 0 aliphatic heterocycles. The fourth-order valence-electron chi connectivity index (χ4n) is 3.34. The summed E-state index contributed by atoms with van der Waals surface area (Å²) in [6.45, 7) is 4.71. The molecule has 0 fully saturated rings. The summed E-state index contributed by atoms with van der Waals surface area (Å²) < 4.78 is 6.54. The van der Waals surface area contributed by atoms with Crippen LogP contribution in [0.3, 0.4) is 0 Å². The zero-order valence-electron chi connectivity index (χ0n) is 14.4. The van der Waals surface area contributed by atoms with Crippen molar-refractivity contribution in [2.75, 3.05) is 12.0 Å². The molecule has 0 heterocycles. The second kappa shape index (κ2) is 11.9. The van der Waals surface area contributed by atoms with Gasteiger partial charge < -0.3 is 0 Å². The van der Waals surface area contributed by atoms with Crippen molar-refractivity contribution in [1.29, 1.82) is 0 Å². The van der Waals surface area contributed by atoms with E-state index in [1.54, 1.807) is 16.9 Å². The van der Waals surface area contributed by atoms with Crippen molar-refractivity contribution >= 4 is 33.7 Å². The van der Waals surface area contributed by atoms with E-state index < -0.39 is 18.4 Å². The molecule has 1 aromatic rings. The minimum atomic E-state index is -2.15. The number of thioether (sulfide) groups is 1. The molecule has 0 radical (unpaired) electrons. The second-order valence-corrected chi connectivity index (χ2v) is 20.5. The number of hydrogen-bond acceptors (Lipinski definition) is 1. The Balaban J connectivity index is 2.85. The van der Waals surface area contributed by atoms with Crippen molar-refractivity contribution in [2.45, 2.75) is 65.7 Å². The van der Waals surface area contributed by atoms with Gasteiger partial charge in [-0.1, -0.05) is 0 Å². The van der Waals surface area contributed by atoms with Crippen molar-refractivity contribution in [3.63, 3.8) is 0 Å². The SMILES string of the molecule is CCC[CH2][Sn]([CH2]CCC)([CH2]CCCSC)[c]1ccccc1. The van der Waals surface area contributed by atoms with Crippen molar-refractivity contribution in [3.05, 3.63) is 30.3 Å². The molecule has 0 unspecified atom stereocenters. The van der Waals surface area contributed by atoms with E-state index in [-0.39, 0.29) is 0 Å². The Bertz CT molecular complexity index is 342. The molecule has 21 heavy (non-hydrogen) atoms. The summed E-state index contributed by atoms with van der Waals surface area (Å²) in [5.74, 6) is 1.35. The fourth-order valence-corrected chi connectivity index (χ4v) is 19.5. The van der Waals surface area contributed by atoms with Gasteiger partial charge in [-0.2, -0.15) is 0 Å². The Hall–Kier alpha value is 0.369. The van der Waals surface area contributed by atoms with Crippen molar-refractivity contribution in [1.82, 2.24) is 0 Å². The molecule has 1 aromatic carbocycles.